The van der Waals surface area contributed by atoms with E-state index >= 15 is 0 Å². The molecule has 0 amide bonds. The molecule has 0 saturated heterocycles. The lowest BCUT2D eigenvalue weighted by atomic mass is 10.1. The summed E-state index contributed by atoms with van der Waals surface area (Å²) in [5.74, 6) is 1.71. The second-order valence-electron chi connectivity index (χ2n) is 4.84. The smallest absolute Gasteiger partial charge is 0.303 e. The molecule has 0 unspecified atom stereocenters. The number of ether oxygens (including phenoxy) is 4. The van der Waals surface area contributed by atoms with E-state index in [-0.39, 0.29) is 6.61 Å². The maximum absolute atomic E-state index is 11.1. The first-order chi connectivity index (χ1) is 10.5. The van der Waals surface area contributed by atoms with E-state index < -0.39 is 30.4 Å². The normalized spacial score (nSPS) is 23.6. The SMILES string of the molecule is C#CCCCCO[C@@H]1C=C[C@H](OC(C)=O)[C@@H](COC(C)=O)O1. The first kappa shape index (κ1) is 18.2. The fourth-order valence-corrected chi connectivity index (χ4v) is 1.88. The molecular weight excluding hydrogens is 288 g/mol. The number of carbonyl (C=O) groups excluding carboxylic acids is 2. The molecule has 0 aromatic rings. The summed E-state index contributed by atoms with van der Waals surface area (Å²) < 4.78 is 21.3. The summed E-state index contributed by atoms with van der Waals surface area (Å²) in [6.45, 7) is 3.12. The molecule has 1 aliphatic heterocycles. The van der Waals surface area contributed by atoms with E-state index in [0.717, 1.165) is 12.8 Å². The van der Waals surface area contributed by atoms with Crippen molar-refractivity contribution in [1.82, 2.24) is 0 Å². The number of hydrogen-bond acceptors (Lipinski definition) is 6. The zero-order valence-electron chi connectivity index (χ0n) is 12.9. The largest absolute Gasteiger partial charge is 0.463 e. The van der Waals surface area contributed by atoms with Crippen molar-refractivity contribution in [2.75, 3.05) is 13.2 Å². The van der Waals surface area contributed by atoms with Gasteiger partial charge in [0.2, 0.25) is 0 Å². The molecule has 0 N–H and O–H groups in total. The van der Waals surface area contributed by atoms with E-state index in [1.54, 1.807) is 12.2 Å². The molecule has 0 aromatic heterocycles. The van der Waals surface area contributed by atoms with Crippen LogP contribution in [0.15, 0.2) is 12.2 Å². The lowest BCUT2D eigenvalue weighted by Crippen LogP contribution is -2.42. The first-order valence-corrected chi connectivity index (χ1v) is 7.22. The van der Waals surface area contributed by atoms with E-state index in [2.05, 4.69) is 5.92 Å². The zero-order chi connectivity index (χ0) is 16.4. The molecule has 0 aliphatic carbocycles. The van der Waals surface area contributed by atoms with Gasteiger partial charge in [0.1, 0.15) is 18.8 Å². The highest BCUT2D eigenvalue weighted by atomic mass is 16.7. The number of hydrogen-bond donors (Lipinski definition) is 0. The predicted octanol–water partition coefficient (Wildman–Crippen LogP) is 1.58. The average molecular weight is 310 g/mol. The lowest BCUT2D eigenvalue weighted by Gasteiger charge is -2.31. The van der Waals surface area contributed by atoms with Crippen LogP contribution in [-0.2, 0) is 28.5 Å². The van der Waals surface area contributed by atoms with Crippen LogP contribution in [0.1, 0.15) is 33.1 Å². The van der Waals surface area contributed by atoms with Crippen LogP contribution in [0.5, 0.6) is 0 Å². The molecule has 6 nitrogen and oxygen atoms in total. The fourth-order valence-electron chi connectivity index (χ4n) is 1.88. The van der Waals surface area contributed by atoms with Gasteiger partial charge in [-0.05, 0) is 25.0 Å². The van der Waals surface area contributed by atoms with Gasteiger partial charge in [-0.2, -0.15) is 0 Å². The van der Waals surface area contributed by atoms with Crippen molar-refractivity contribution in [3.63, 3.8) is 0 Å². The number of rotatable bonds is 8. The Kier molecular flexibility index (Phi) is 8.26. The topological polar surface area (TPSA) is 71.1 Å². The highest BCUT2D eigenvalue weighted by molar-refractivity contribution is 5.66. The number of carbonyl (C=O) groups is 2. The lowest BCUT2D eigenvalue weighted by molar-refractivity contribution is -0.197. The minimum absolute atomic E-state index is 0.00538. The summed E-state index contributed by atoms with van der Waals surface area (Å²) in [6, 6.07) is 0. The minimum Gasteiger partial charge on any atom is -0.463 e. The van der Waals surface area contributed by atoms with Crippen molar-refractivity contribution in [2.24, 2.45) is 0 Å². The van der Waals surface area contributed by atoms with E-state index in [4.69, 9.17) is 25.4 Å². The van der Waals surface area contributed by atoms with Crippen LogP contribution in [-0.4, -0.2) is 43.7 Å². The van der Waals surface area contributed by atoms with Crippen molar-refractivity contribution in [3.8, 4) is 12.3 Å². The summed E-state index contributed by atoms with van der Waals surface area (Å²) in [4.78, 5) is 22.0. The Bertz CT molecular complexity index is 436. The highest BCUT2D eigenvalue weighted by Gasteiger charge is 2.30. The molecule has 122 valence electrons. The molecule has 3 atom stereocenters. The number of esters is 2. The second-order valence-corrected chi connectivity index (χ2v) is 4.84. The van der Waals surface area contributed by atoms with Gasteiger partial charge >= 0.3 is 11.9 Å². The van der Waals surface area contributed by atoms with Gasteiger partial charge in [-0.25, -0.2) is 0 Å². The Labute approximate surface area is 130 Å². The molecule has 1 heterocycles. The second kappa shape index (κ2) is 9.98. The summed E-state index contributed by atoms with van der Waals surface area (Å²) in [5, 5.41) is 0. The standard InChI is InChI=1S/C16H22O6/c1-4-5-6-7-10-19-16-9-8-14(21-13(3)18)15(22-16)11-20-12(2)17/h1,8-9,14-16H,5-7,10-11H2,2-3H3/t14-,15+,16-/m0/s1. The van der Waals surface area contributed by atoms with E-state index in [0.29, 0.717) is 13.0 Å². The molecule has 0 aromatic carbocycles. The van der Waals surface area contributed by atoms with Crippen molar-refractivity contribution in [1.29, 1.82) is 0 Å². The first-order valence-electron chi connectivity index (χ1n) is 7.22. The monoisotopic (exact) mass is 310 g/mol. The molecule has 22 heavy (non-hydrogen) atoms. The quantitative estimate of drug-likeness (QED) is 0.293. The van der Waals surface area contributed by atoms with Gasteiger partial charge in [-0.1, -0.05) is 0 Å². The third-order valence-electron chi connectivity index (χ3n) is 2.88. The van der Waals surface area contributed by atoms with E-state index in [1.807, 2.05) is 0 Å². The summed E-state index contributed by atoms with van der Waals surface area (Å²) in [6.07, 6.45) is 9.23. The molecule has 0 fully saturated rings. The van der Waals surface area contributed by atoms with Crippen molar-refractivity contribution in [2.45, 2.75) is 51.6 Å². The van der Waals surface area contributed by atoms with Gasteiger partial charge < -0.3 is 18.9 Å². The highest BCUT2D eigenvalue weighted by Crippen LogP contribution is 2.18. The number of unbranched alkanes of at least 4 members (excludes halogenated alkanes) is 2. The maximum Gasteiger partial charge on any atom is 0.303 e. The van der Waals surface area contributed by atoms with E-state index in [1.165, 1.54) is 13.8 Å². The van der Waals surface area contributed by atoms with Crippen LogP contribution in [0.25, 0.3) is 0 Å². The Balaban J connectivity index is 2.48. The third kappa shape index (κ3) is 7.25. The summed E-state index contributed by atoms with van der Waals surface area (Å²) >= 11 is 0. The third-order valence-corrected chi connectivity index (χ3v) is 2.88. The van der Waals surface area contributed by atoms with Crippen LogP contribution in [0.4, 0.5) is 0 Å². The zero-order valence-corrected chi connectivity index (χ0v) is 12.9. The van der Waals surface area contributed by atoms with Gasteiger partial charge in [0.25, 0.3) is 0 Å². The predicted molar refractivity (Wildman–Crippen MR) is 78.6 cm³/mol. The van der Waals surface area contributed by atoms with Crippen molar-refractivity contribution in [3.05, 3.63) is 12.2 Å². The van der Waals surface area contributed by atoms with Crippen LogP contribution >= 0.6 is 0 Å². The molecule has 1 aliphatic rings. The Hall–Kier alpha value is -1.84. The summed E-state index contributed by atoms with van der Waals surface area (Å²) in [7, 11) is 0. The molecular formula is C16H22O6. The van der Waals surface area contributed by atoms with Gasteiger partial charge in [-0.3, -0.25) is 9.59 Å². The minimum atomic E-state index is -0.599. The van der Waals surface area contributed by atoms with Gasteiger partial charge in [-0.15, -0.1) is 12.3 Å². The van der Waals surface area contributed by atoms with Gasteiger partial charge in [0.15, 0.2) is 6.29 Å². The molecule has 0 saturated carbocycles. The average Bonchev–Trinajstić information content (AvgIpc) is 2.46. The van der Waals surface area contributed by atoms with E-state index in [9.17, 15) is 9.59 Å². The van der Waals surface area contributed by atoms with Crippen LogP contribution in [0, 0.1) is 12.3 Å². The van der Waals surface area contributed by atoms with Gasteiger partial charge in [0, 0.05) is 20.3 Å². The Morgan fingerprint density at radius 2 is 2.00 bits per heavy atom. The van der Waals surface area contributed by atoms with Crippen molar-refractivity contribution < 1.29 is 28.5 Å². The Morgan fingerprint density at radius 3 is 2.64 bits per heavy atom. The summed E-state index contributed by atoms with van der Waals surface area (Å²) in [5.41, 5.74) is 0. The molecule has 0 spiro atoms. The van der Waals surface area contributed by atoms with Crippen molar-refractivity contribution >= 4 is 11.9 Å². The Morgan fingerprint density at radius 1 is 1.23 bits per heavy atom. The van der Waals surface area contributed by atoms with Crippen LogP contribution < -0.4 is 0 Å². The molecule has 0 bridgehead atoms. The molecule has 1 rings (SSSR count). The molecule has 6 heteroatoms. The van der Waals surface area contributed by atoms with Crippen LogP contribution in [0.2, 0.25) is 0 Å². The number of terminal acetylenes is 1. The maximum atomic E-state index is 11.1. The molecule has 0 radical (unpaired) electrons. The van der Waals surface area contributed by atoms with Crippen LogP contribution in [0.3, 0.4) is 0 Å². The fraction of sp³-hybridized carbons (Fsp3) is 0.625. The van der Waals surface area contributed by atoms with Gasteiger partial charge in [0.05, 0.1) is 6.61 Å².